The van der Waals surface area contributed by atoms with E-state index in [2.05, 4.69) is 36.7 Å². The molecule has 0 aromatic heterocycles. The van der Waals surface area contributed by atoms with Gasteiger partial charge in [-0.3, -0.25) is 0 Å². The smallest absolute Gasteiger partial charge is 0.0467 e. The summed E-state index contributed by atoms with van der Waals surface area (Å²) in [6.07, 6.45) is 5.96. The standard InChI is InChI=1S/C16H25BrClN/c1-4-6-7-12(5-2)11-16(3,19)14-9-8-13(17)10-15(14)18/h8-10,12H,4-7,11,19H2,1-3H3. The van der Waals surface area contributed by atoms with Crippen LogP contribution in [0, 0.1) is 5.92 Å². The molecule has 2 N–H and O–H groups in total. The highest BCUT2D eigenvalue weighted by Gasteiger charge is 2.27. The summed E-state index contributed by atoms with van der Waals surface area (Å²) in [7, 11) is 0. The number of benzene rings is 1. The van der Waals surface area contributed by atoms with E-state index in [9.17, 15) is 0 Å². The minimum absolute atomic E-state index is 0.355. The summed E-state index contributed by atoms with van der Waals surface area (Å²) in [5, 5.41) is 0.754. The molecule has 0 bridgehead atoms. The summed E-state index contributed by atoms with van der Waals surface area (Å²) in [6.45, 7) is 6.58. The third kappa shape index (κ3) is 5.09. The highest BCUT2D eigenvalue weighted by Crippen LogP contribution is 2.35. The van der Waals surface area contributed by atoms with Crippen molar-refractivity contribution in [1.29, 1.82) is 0 Å². The molecule has 1 nitrogen and oxygen atoms in total. The van der Waals surface area contributed by atoms with Gasteiger partial charge in [-0.15, -0.1) is 0 Å². The summed E-state index contributed by atoms with van der Waals surface area (Å²) in [6, 6.07) is 5.98. The van der Waals surface area contributed by atoms with E-state index in [1.807, 2.05) is 18.2 Å². The molecule has 1 aromatic carbocycles. The van der Waals surface area contributed by atoms with Crippen LogP contribution in [0.1, 0.15) is 58.4 Å². The van der Waals surface area contributed by atoms with Gasteiger partial charge in [-0.05, 0) is 37.0 Å². The van der Waals surface area contributed by atoms with Crippen molar-refractivity contribution in [3.05, 3.63) is 33.3 Å². The van der Waals surface area contributed by atoms with Crippen molar-refractivity contribution >= 4 is 27.5 Å². The Morgan fingerprint density at radius 2 is 2.05 bits per heavy atom. The predicted octanol–water partition coefficient (Wildman–Crippen LogP) is 5.88. The molecule has 108 valence electrons. The number of halogens is 2. The van der Waals surface area contributed by atoms with Crippen molar-refractivity contribution in [2.24, 2.45) is 11.7 Å². The van der Waals surface area contributed by atoms with E-state index in [0.29, 0.717) is 5.92 Å². The molecule has 0 heterocycles. The molecule has 0 radical (unpaired) electrons. The van der Waals surface area contributed by atoms with Crippen LogP contribution in [0.4, 0.5) is 0 Å². The van der Waals surface area contributed by atoms with E-state index in [4.69, 9.17) is 17.3 Å². The first-order valence-electron chi connectivity index (χ1n) is 7.15. The zero-order valence-electron chi connectivity index (χ0n) is 12.2. The van der Waals surface area contributed by atoms with E-state index in [0.717, 1.165) is 21.5 Å². The van der Waals surface area contributed by atoms with Crippen molar-refractivity contribution in [2.45, 2.75) is 58.4 Å². The molecule has 0 saturated carbocycles. The van der Waals surface area contributed by atoms with Crippen molar-refractivity contribution < 1.29 is 0 Å². The molecule has 0 amide bonds. The summed E-state index contributed by atoms with van der Waals surface area (Å²) in [5.41, 5.74) is 7.23. The van der Waals surface area contributed by atoms with Crippen molar-refractivity contribution in [3.8, 4) is 0 Å². The van der Waals surface area contributed by atoms with Crippen molar-refractivity contribution in [2.75, 3.05) is 0 Å². The number of nitrogens with two attached hydrogens (primary N) is 1. The van der Waals surface area contributed by atoms with Gasteiger partial charge >= 0.3 is 0 Å². The lowest BCUT2D eigenvalue weighted by molar-refractivity contribution is 0.315. The second-order valence-electron chi connectivity index (χ2n) is 5.66. The lowest BCUT2D eigenvalue weighted by atomic mass is 9.81. The van der Waals surface area contributed by atoms with E-state index < -0.39 is 0 Å². The molecule has 1 rings (SSSR count). The van der Waals surface area contributed by atoms with Crippen LogP contribution in [0.25, 0.3) is 0 Å². The first kappa shape index (κ1) is 17.0. The van der Waals surface area contributed by atoms with Crippen LogP contribution in [0.2, 0.25) is 5.02 Å². The summed E-state index contributed by atoms with van der Waals surface area (Å²) in [5.74, 6) is 0.676. The number of hydrogen-bond acceptors (Lipinski definition) is 1. The molecular weight excluding hydrogens is 322 g/mol. The molecule has 0 aliphatic carbocycles. The zero-order chi connectivity index (χ0) is 14.5. The van der Waals surface area contributed by atoms with Gasteiger partial charge in [0.1, 0.15) is 0 Å². The Balaban J connectivity index is 2.83. The number of rotatable bonds is 7. The molecule has 1 aromatic rings. The molecule has 0 saturated heterocycles. The minimum atomic E-state index is -0.355. The Hall–Kier alpha value is -0.0500. The van der Waals surface area contributed by atoms with Crippen LogP contribution in [0.15, 0.2) is 22.7 Å². The van der Waals surface area contributed by atoms with E-state index in [-0.39, 0.29) is 5.54 Å². The third-order valence-electron chi connectivity index (χ3n) is 3.80. The Bertz CT molecular complexity index is 404. The lowest BCUT2D eigenvalue weighted by Gasteiger charge is -2.30. The average Bonchev–Trinajstić information content (AvgIpc) is 2.33. The SMILES string of the molecule is CCCCC(CC)CC(C)(N)c1ccc(Br)cc1Cl. The molecule has 3 heteroatoms. The summed E-state index contributed by atoms with van der Waals surface area (Å²) >= 11 is 9.77. The van der Waals surface area contributed by atoms with Crippen LogP contribution in [-0.2, 0) is 5.54 Å². The Morgan fingerprint density at radius 1 is 1.37 bits per heavy atom. The van der Waals surface area contributed by atoms with Gasteiger partial charge in [-0.2, -0.15) is 0 Å². The van der Waals surface area contributed by atoms with Crippen molar-refractivity contribution in [3.63, 3.8) is 0 Å². The lowest BCUT2D eigenvalue weighted by Crippen LogP contribution is -2.35. The summed E-state index contributed by atoms with van der Waals surface area (Å²) < 4.78 is 0.995. The fourth-order valence-corrected chi connectivity index (χ4v) is 3.49. The van der Waals surface area contributed by atoms with Crippen LogP contribution in [-0.4, -0.2) is 0 Å². The number of unbranched alkanes of at least 4 members (excludes halogenated alkanes) is 1. The van der Waals surface area contributed by atoms with E-state index in [1.54, 1.807) is 0 Å². The van der Waals surface area contributed by atoms with Gasteiger partial charge in [-0.25, -0.2) is 0 Å². The van der Waals surface area contributed by atoms with Gasteiger partial charge < -0.3 is 5.73 Å². The largest absolute Gasteiger partial charge is 0.322 e. The molecule has 0 aliphatic rings. The Labute approximate surface area is 131 Å². The second kappa shape index (κ2) is 7.66. The van der Waals surface area contributed by atoms with Crippen molar-refractivity contribution in [1.82, 2.24) is 0 Å². The van der Waals surface area contributed by atoms with Crippen LogP contribution in [0.5, 0.6) is 0 Å². The fraction of sp³-hybridized carbons (Fsp3) is 0.625. The second-order valence-corrected chi connectivity index (χ2v) is 6.99. The minimum Gasteiger partial charge on any atom is -0.322 e. The first-order valence-corrected chi connectivity index (χ1v) is 8.32. The van der Waals surface area contributed by atoms with Gasteiger partial charge in [-0.1, -0.05) is 73.1 Å². The van der Waals surface area contributed by atoms with Gasteiger partial charge in [0.05, 0.1) is 0 Å². The highest BCUT2D eigenvalue weighted by atomic mass is 79.9. The fourth-order valence-electron chi connectivity index (χ4n) is 2.61. The molecule has 2 atom stereocenters. The van der Waals surface area contributed by atoms with Crippen LogP contribution >= 0.6 is 27.5 Å². The molecular formula is C16H25BrClN. The molecule has 2 unspecified atom stereocenters. The maximum atomic E-state index is 6.54. The van der Waals surface area contributed by atoms with Gasteiger partial charge in [0.2, 0.25) is 0 Å². The molecule has 19 heavy (non-hydrogen) atoms. The monoisotopic (exact) mass is 345 g/mol. The molecule has 0 spiro atoms. The maximum Gasteiger partial charge on any atom is 0.0467 e. The molecule has 0 fully saturated rings. The van der Waals surface area contributed by atoms with Gasteiger partial charge in [0, 0.05) is 15.0 Å². The van der Waals surface area contributed by atoms with Crippen LogP contribution in [0.3, 0.4) is 0 Å². The predicted molar refractivity (Wildman–Crippen MR) is 88.6 cm³/mol. The maximum absolute atomic E-state index is 6.54. The first-order chi connectivity index (χ1) is 8.90. The van der Waals surface area contributed by atoms with Gasteiger partial charge in [0.25, 0.3) is 0 Å². The number of hydrogen-bond donors (Lipinski definition) is 1. The third-order valence-corrected chi connectivity index (χ3v) is 4.61. The quantitative estimate of drug-likeness (QED) is 0.655. The highest BCUT2D eigenvalue weighted by molar-refractivity contribution is 9.10. The Morgan fingerprint density at radius 3 is 2.58 bits per heavy atom. The average molecular weight is 347 g/mol. The molecule has 0 aliphatic heterocycles. The van der Waals surface area contributed by atoms with Gasteiger partial charge in [0.15, 0.2) is 0 Å². The topological polar surface area (TPSA) is 26.0 Å². The zero-order valence-corrected chi connectivity index (χ0v) is 14.5. The Kier molecular flexibility index (Phi) is 6.85. The summed E-state index contributed by atoms with van der Waals surface area (Å²) in [4.78, 5) is 0. The van der Waals surface area contributed by atoms with Crippen LogP contribution < -0.4 is 5.73 Å². The van der Waals surface area contributed by atoms with E-state index in [1.165, 1.54) is 25.7 Å². The van der Waals surface area contributed by atoms with E-state index >= 15 is 0 Å². The normalized spacial score (nSPS) is 16.1.